The Labute approximate surface area is 114 Å². The first-order valence-corrected chi connectivity index (χ1v) is 6.13. The summed E-state index contributed by atoms with van der Waals surface area (Å²) in [7, 11) is 3.63. The van der Waals surface area contributed by atoms with Crippen molar-refractivity contribution in [3.05, 3.63) is 40.4 Å². The largest absolute Gasteiger partial charge is 0.497 e. The van der Waals surface area contributed by atoms with Gasteiger partial charge in [0.15, 0.2) is 0 Å². The zero-order valence-electron chi connectivity index (χ0n) is 9.59. The number of methoxy groups -OCH3 is 1. The zero-order chi connectivity index (χ0) is 12.3. The van der Waals surface area contributed by atoms with Gasteiger partial charge in [0.2, 0.25) is 0 Å². The summed E-state index contributed by atoms with van der Waals surface area (Å²) in [5.74, 6) is 1.72. The van der Waals surface area contributed by atoms with E-state index in [0.29, 0.717) is 0 Å². The van der Waals surface area contributed by atoms with Crippen LogP contribution in [0.4, 0.5) is 11.5 Å². The van der Waals surface area contributed by atoms with E-state index in [4.69, 9.17) is 4.74 Å². The first-order valence-electron chi connectivity index (χ1n) is 5.05. The summed E-state index contributed by atoms with van der Waals surface area (Å²) in [6.07, 6.45) is 3.34. The lowest BCUT2D eigenvalue weighted by Gasteiger charge is -2.19. The van der Waals surface area contributed by atoms with Gasteiger partial charge in [-0.2, -0.15) is 0 Å². The molecule has 0 aliphatic carbocycles. The number of nitrogens with zero attached hydrogens (tertiary/aromatic N) is 3. The number of hydrogen-bond donors (Lipinski definition) is 0. The molecule has 1 heterocycles. The summed E-state index contributed by atoms with van der Waals surface area (Å²) in [6, 6.07) is 7.86. The first-order chi connectivity index (χ1) is 8.22. The summed E-state index contributed by atoms with van der Waals surface area (Å²) in [5, 5.41) is 0. The summed E-state index contributed by atoms with van der Waals surface area (Å²) >= 11 is 2.22. The van der Waals surface area contributed by atoms with Crippen molar-refractivity contribution in [2.75, 3.05) is 19.1 Å². The Balaban J connectivity index is 2.37. The molecule has 1 aromatic heterocycles. The van der Waals surface area contributed by atoms with Gasteiger partial charge >= 0.3 is 0 Å². The second-order valence-electron chi connectivity index (χ2n) is 3.45. The average Bonchev–Trinajstić information content (AvgIpc) is 2.38. The minimum absolute atomic E-state index is 0.832. The van der Waals surface area contributed by atoms with E-state index in [1.54, 1.807) is 19.6 Å². The fourth-order valence-corrected chi connectivity index (χ4v) is 2.16. The molecule has 0 fully saturated rings. The number of ether oxygens (including phenoxy) is 1. The normalized spacial score (nSPS) is 10.1. The number of benzene rings is 1. The fourth-order valence-electron chi connectivity index (χ4n) is 1.49. The molecule has 0 aliphatic rings. The van der Waals surface area contributed by atoms with Crippen molar-refractivity contribution in [2.24, 2.45) is 0 Å². The Morgan fingerprint density at radius 3 is 2.88 bits per heavy atom. The maximum absolute atomic E-state index is 5.21. The molecular formula is C12H12IN3O. The van der Waals surface area contributed by atoms with Gasteiger partial charge in [-0.25, -0.2) is 9.97 Å². The third-order valence-electron chi connectivity index (χ3n) is 2.41. The van der Waals surface area contributed by atoms with Gasteiger partial charge in [-0.3, -0.25) is 0 Å². The molecule has 0 N–H and O–H groups in total. The number of aromatic nitrogens is 2. The summed E-state index contributed by atoms with van der Waals surface area (Å²) in [4.78, 5) is 10.3. The molecule has 4 nitrogen and oxygen atoms in total. The predicted octanol–water partition coefficient (Wildman–Crippen LogP) is 2.86. The average molecular weight is 341 g/mol. The third-order valence-corrected chi connectivity index (χ3v) is 3.17. The highest BCUT2D eigenvalue weighted by Crippen LogP contribution is 2.27. The van der Waals surface area contributed by atoms with Gasteiger partial charge in [0, 0.05) is 25.0 Å². The number of anilines is 2. The van der Waals surface area contributed by atoms with E-state index in [2.05, 4.69) is 32.6 Å². The van der Waals surface area contributed by atoms with Crippen molar-refractivity contribution < 1.29 is 4.74 Å². The van der Waals surface area contributed by atoms with Crippen LogP contribution in [0.15, 0.2) is 36.8 Å². The van der Waals surface area contributed by atoms with E-state index in [9.17, 15) is 0 Å². The highest BCUT2D eigenvalue weighted by Gasteiger charge is 2.09. The van der Waals surface area contributed by atoms with E-state index in [-0.39, 0.29) is 0 Å². The van der Waals surface area contributed by atoms with Crippen molar-refractivity contribution >= 4 is 34.1 Å². The summed E-state index contributed by atoms with van der Waals surface area (Å²) < 4.78 is 6.22. The van der Waals surface area contributed by atoms with Gasteiger partial charge in [-0.15, -0.1) is 0 Å². The smallest absolute Gasteiger partial charge is 0.149 e. The quantitative estimate of drug-likeness (QED) is 0.805. The van der Waals surface area contributed by atoms with Gasteiger partial charge in [0.1, 0.15) is 17.9 Å². The maximum Gasteiger partial charge on any atom is 0.149 e. The van der Waals surface area contributed by atoms with Crippen LogP contribution in [0.3, 0.4) is 0 Å². The molecule has 0 amide bonds. The third kappa shape index (κ3) is 2.66. The predicted molar refractivity (Wildman–Crippen MR) is 75.8 cm³/mol. The highest BCUT2D eigenvalue weighted by molar-refractivity contribution is 14.1. The maximum atomic E-state index is 5.21. The van der Waals surface area contributed by atoms with Crippen LogP contribution in [0.25, 0.3) is 0 Å². The van der Waals surface area contributed by atoms with E-state index >= 15 is 0 Å². The lowest BCUT2D eigenvalue weighted by molar-refractivity contribution is 0.415. The standard InChI is InChI=1S/C12H12IN3O/c1-16(12-11(13)7-14-8-15-12)9-4-3-5-10(6-9)17-2/h3-8H,1-2H3. The molecule has 0 radical (unpaired) electrons. The summed E-state index contributed by atoms with van der Waals surface area (Å²) in [5.41, 5.74) is 1.03. The first kappa shape index (κ1) is 12.1. The van der Waals surface area contributed by atoms with E-state index in [1.807, 2.05) is 36.2 Å². The van der Waals surface area contributed by atoms with Crippen molar-refractivity contribution in [1.82, 2.24) is 9.97 Å². The molecule has 0 bridgehead atoms. The minimum atomic E-state index is 0.832. The Morgan fingerprint density at radius 2 is 2.18 bits per heavy atom. The molecule has 17 heavy (non-hydrogen) atoms. The van der Waals surface area contributed by atoms with Gasteiger partial charge in [0.25, 0.3) is 0 Å². The lowest BCUT2D eigenvalue weighted by Crippen LogP contribution is -2.12. The minimum Gasteiger partial charge on any atom is -0.497 e. The Hall–Kier alpha value is -1.37. The van der Waals surface area contributed by atoms with Crippen LogP contribution in [-0.4, -0.2) is 24.1 Å². The molecular weight excluding hydrogens is 329 g/mol. The molecule has 5 heteroatoms. The van der Waals surface area contributed by atoms with Crippen molar-refractivity contribution in [3.63, 3.8) is 0 Å². The topological polar surface area (TPSA) is 38.2 Å². The highest BCUT2D eigenvalue weighted by atomic mass is 127. The van der Waals surface area contributed by atoms with Crippen LogP contribution >= 0.6 is 22.6 Å². The van der Waals surface area contributed by atoms with Gasteiger partial charge in [-0.1, -0.05) is 6.07 Å². The van der Waals surface area contributed by atoms with E-state index in [0.717, 1.165) is 20.8 Å². The molecule has 0 atom stereocenters. The number of halogens is 1. The Kier molecular flexibility index (Phi) is 3.78. The Morgan fingerprint density at radius 1 is 1.35 bits per heavy atom. The summed E-state index contributed by atoms with van der Waals surface area (Å²) in [6.45, 7) is 0. The van der Waals surface area contributed by atoms with Crippen LogP contribution in [-0.2, 0) is 0 Å². The zero-order valence-corrected chi connectivity index (χ0v) is 11.7. The second-order valence-corrected chi connectivity index (χ2v) is 4.62. The Bertz CT molecular complexity index is 519. The molecule has 0 unspecified atom stereocenters. The van der Waals surface area contributed by atoms with E-state index < -0.39 is 0 Å². The fraction of sp³-hybridized carbons (Fsp3) is 0.167. The van der Waals surface area contributed by atoms with Crippen LogP contribution in [0.5, 0.6) is 5.75 Å². The lowest BCUT2D eigenvalue weighted by atomic mass is 10.3. The number of hydrogen-bond acceptors (Lipinski definition) is 4. The molecule has 2 rings (SSSR count). The SMILES string of the molecule is COc1cccc(N(C)c2ncncc2I)c1. The monoisotopic (exact) mass is 341 g/mol. The van der Waals surface area contributed by atoms with Crippen molar-refractivity contribution in [1.29, 1.82) is 0 Å². The van der Waals surface area contributed by atoms with E-state index in [1.165, 1.54) is 0 Å². The van der Waals surface area contributed by atoms with Crippen LogP contribution < -0.4 is 9.64 Å². The molecule has 2 aromatic rings. The van der Waals surface area contributed by atoms with Crippen molar-refractivity contribution in [2.45, 2.75) is 0 Å². The van der Waals surface area contributed by atoms with Gasteiger partial charge in [0.05, 0.1) is 10.7 Å². The van der Waals surface area contributed by atoms with Crippen LogP contribution in [0.2, 0.25) is 0 Å². The second kappa shape index (κ2) is 5.31. The van der Waals surface area contributed by atoms with Crippen LogP contribution in [0.1, 0.15) is 0 Å². The van der Waals surface area contributed by atoms with Crippen LogP contribution in [0, 0.1) is 3.57 Å². The molecule has 0 saturated heterocycles. The molecule has 0 aliphatic heterocycles. The van der Waals surface area contributed by atoms with Gasteiger partial charge < -0.3 is 9.64 Å². The number of rotatable bonds is 3. The molecule has 1 aromatic carbocycles. The van der Waals surface area contributed by atoms with Crippen molar-refractivity contribution in [3.8, 4) is 5.75 Å². The molecule has 0 saturated carbocycles. The molecule has 88 valence electrons. The van der Waals surface area contributed by atoms with Gasteiger partial charge in [-0.05, 0) is 34.7 Å². The molecule has 0 spiro atoms.